The van der Waals surface area contributed by atoms with Crippen LogP contribution in [0.15, 0.2) is 41.2 Å². The standard InChI is InChI=1S/C15H10N2O5/c1-22-15(19)9-6-7-11(17(20)21)12-13(9)16-10-5-3-2-4-8(10)14(12)18/h2-7H,1H3,(H,16,18). The number of aromatic nitrogens is 1. The van der Waals surface area contributed by atoms with Crippen molar-refractivity contribution in [1.82, 2.24) is 4.98 Å². The zero-order chi connectivity index (χ0) is 15.9. The molecule has 0 saturated carbocycles. The lowest BCUT2D eigenvalue weighted by Gasteiger charge is -2.07. The molecule has 0 unspecified atom stereocenters. The van der Waals surface area contributed by atoms with Crippen LogP contribution in [0.1, 0.15) is 10.4 Å². The van der Waals surface area contributed by atoms with E-state index in [1.807, 2.05) is 0 Å². The molecule has 0 spiro atoms. The smallest absolute Gasteiger partial charge is 0.340 e. The number of aromatic amines is 1. The zero-order valence-corrected chi connectivity index (χ0v) is 11.5. The van der Waals surface area contributed by atoms with Gasteiger partial charge in [0.2, 0.25) is 5.43 Å². The van der Waals surface area contributed by atoms with Crippen molar-refractivity contribution in [3.05, 3.63) is 62.3 Å². The summed E-state index contributed by atoms with van der Waals surface area (Å²) >= 11 is 0. The van der Waals surface area contributed by atoms with E-state index in [2.05, 4.69) is 9.72 Å². The molecule has 2 aromatic carbocycles. The zero-order valence-electron chi connectivity index (χ0n) is 11.5. The van der Waals surface area contributed by atoms with Crippen molar-refractivity contribution < 1.29 is 14.5 Å². The van der Waals surface area contributed by atoms with E-state index in [0.29, 0.717) is 10.9 Å². The number of ether oxygens (including phenoxy) is 1. The number of nitrogens with one attached hydrogen (secondary N) is 1. The van der Waals surface area contributed by atoms with Gasteiger partial charge in [0.05, 0.1) is 23.1 Å². The molecule has 0 fully saturated rings. The maximum atomic E-state index is 12.6. The highest BCUT2D eigenvalue weighted by atomic mass is 16.6. The van der Waals surface area contributed by atoms with Gasteiger partial charge >= 0.3 is 5.97 Å². The lowest BCUT2D eigenvalue weighted by Crippen LogP contribution is -2.11. The SMILES string of the molecule is COC(=O)c1ccc([N+](=O)[O-])c2c(=O)c3ccccc3[nH]c12. The van der Waals surface area contributed by atoms with Gasteiger partial charge < -0.3 is 9.72 Å². The number of nitrogens with zero attached hydrogens (tertiary/aromatic N) is 1. The summed E-state index contributed by atoms with van der Waals surface area (Å²) in [6.45, 7) is 0. The Morgan fingerprint density at radius 2 is 1.95 bits per heavy atom. The summed E-state index contributed by atoms with van der Waals surface area (Å²) < 4.78 is 4.67. The maximum absolute atomic E-state index is 12.6. The quantitative estimate of drug-likeness (QED) is 0.338. The lowest BCUT2D eigenvalue weighted by molar-refractivity contribution is -0.383. The number of methoxy groups -OCH3 is 1. The number of nitro benzene ring substituents is 1. The third kappa shape index (κ3) is 1.91. The third-order valence-corrected chi connectivity index (χ3v) is 3.44. The summed E-state index contributed by atoms with van der Waals surface area (Å²) in [5.41, 5.74) is -0.183. The predicted octanol–water partition coefficient (Wildman–Crippen LogP) is 2.38. The molecule has 0 atom stereocenters. The second-order valence-corrected chi connectivity index (χ2v) is 4.63. The largest absolute Gasteiger partial charge is 0.465 e. The molecular weight excluding hydrogens is 288 g/mol. The van der Waals surface area contributed by atoms with Crippen molar-refractivity contribution in [2.24, 2.45) is 0 Å². The Labute approximate surface area is 123 Å². The van der Waals surface area contributed by atoms with Crippen LogP contribution >= 0.6 is 0 Å². The minimum Gasteiger partial charge on any atom is -0.465 e. The van der Waals surface area contributed by atoms with Gasteiger partial charge in [-0.1, -0.05) is 12.1 Å². The summed E-state index contributed by atoms with van der Waals surface area (Å²) in [6, 6.07) is 9.03. The van der Waals surface area contributed by atoms with Crippen LogP contribution in [0.25, 0.3) is 21.8 Å². The molecule has 7 heteroatoms. The molecule has 0 radical (unpaired) electrons. The monoisotopic (exact) mass is 298 g/mol. The Morgan fingerprint density at radius 1 is 1.23 bits per heavy atom. The number of H-pyrrole nitrogens is 1. The Kier molecular flexibility index (Phi) is 3.10. The topological polar surface area (TPSA) is 102 Å². The second-order valence-electron chi connectivity index (χ2n) is 4.63. The number of pyridine rings is 1. The van der Waals surface area contributed by atoms with Crippen molar-refractivity contribution in [1.29, 1.82) is 0 Å². The fourth-order valence-corrected chi connectivity index (χ4v) is 2.44. The minimum atomic E-state index is -0.675. The molecule has 0 aliphatic carbocycles. The van der Waals surface area contributed by atoms with Crippen molar-refractivity contribution >= 4 is 33.5 Å². The fourth-order valence-electron chi connectivity index (χ4n) is 2.44. The Balaban J connectivity index is 2.59. The van der Waals surface area contributed by atoms with Crippen LogP contribution in [0, 0.1) is 10.1 Å². The first kappa shape index (κ1) is 13.7. The molecule has 0 bridgehead atoms. The minimum absolute atomic E-state index is 0.0750. The molecule has 1 N–H and O–H groups in total. The number of benzene rings is 2. The molecule has 22 heavy (non-hydrogen) atoms. The number of non-ortho nitro benzene ring substituents is 1. The van der Waals surface area contributed by atoms with Crippen molar-refractivity contribution in [2.45, 2.75) is 0 Å². The van der Waals surface area contributed by atoms with Crippen LogP contribution in [0.5, 0.6) is 0 Å². The first-order chi connectivity index (χ1) is 10.5. The number of hydrogen-bond donors (Lipinski definition) is 1. The van der Waals surface area contributed by atoms with E-state index in [1.165, 1.54) is 13.2 Å². The predicted molar refractivity (Wildman–Crippen MR) is 80.1 cm³/mol. The van der Waals surface area contributed by atoms with E-state index in [0.717, 1.165) is 6.07 Å². The summed E-state index contributed by atoms with van der Waals surface area (Å²) in [6.07, 6.45) is 0. The highest BCUT2D eigenvalue weighted by Gasteiger charge is 2.22. The molecule has 1 aromatic heterocycles. The normalized spacial score (nSPS) is 10.8. The second kappa shape index (κ2) is 4.96. The fraction of sp³-hybridized carbons (Fsp3) is 0.0667. The van der Waals surface area contributed by atoms with E-state index >= 15 is 0 Å². The van der Waals surface area contributed by atoms with Crippen molar-refractivity contribution in [3.8, 4) is 0 Å². The van der Waals surface area contributed by atoms with E-state index < -0.39 is 16.3 Å². The van der Waals surface area contributed by atoms with Crippen molar-refractivity contribution in [3.63, 3.8) is 0 Å². The van der Waals surface area contributed by atoms with Crippen molar-refractivity contribution in [2.75, 3.05) is 7.11 Å². The third-order valence-electron chi connectivity index (χ3n) is 3.44. The first-order valence-electron chi connectivity index (χ1n) is 6.35. The van der Waals surface area contributed by atoms with Crippen LogP contribution in [0.3, 0.4) is 0 Å². The first-order valence-corrected chi connectivity index (χ1v) is 6.35. The molecule has 1 heterocycles. The van der Waals surface area contributed by atoms with E-state index in [1.54, 1.807) is 24.3 Å². The van der Waals surface area contributed by atoms with Crippen LogP contribution in [-0.2, 0) is 4.74 Å². The molecule has 7 nitrogen and oxygen atoms in total. The molecule has 110 valence electrons. The number of para-hydroxylation sites is 1. The summed E-state index contributed by atoms with van der Waals surface area (Å²) in [4.78, 5) is 37.9. The number of rotatable bonds is 2. The van der Waals surface area contributed by atoms with Gasteiger partial charge in [-0.15, -0.1) is 0 Å². The van der Waals surface area contributed by atoms with Gasteiger partial charge in [-0.05, 0) is 18.2 Å². The number of hydrogen-bond acceptors (Lipinski definition) is 5. The molecule has 3 rings (SSSR count). The number of carbonyl (C=O) groups excluding carboxylic acids is 1. The van der Waals surface area contributed by atoms with Gasteiger partial charge in [-0.3, -0.25) is 14.9 Å². The summed E-state index contributed by atoms with van der Waals surface area (Å²) in [5.74, 6) is -0.675. The number of fused-ring (bicyclic) bond motifs is 2. The van der Waals surface area contributed by atoms with E-state index in [4.69, 9.17) is 0 Å². The molecule has 0 aliphatic heterocycles. The summed E-state index contributed by atoms with van der Waals surface area (Å²) in [7, 11) is 1.20. The highest BCUT2D eigenvalue weighted by Crippen LogP contribution is 2.27. The van der Waals surface area contributed by atoms with Gasteiger partial charge in [0.25, 0.3) is 5.69 Å². The molecule has 0 amide bonds. The Morgan fingerprint density at radius 3 is 2.64 bits per heavy atom. The van der Waals surface area contributed by atoms with Crippen LogP contribution in [-0.4, -0.2) is 23.0 Å². The maximum Gasteiger partial charge on any atom is 0.340 e. The van der Waals surface area contributed by atoms with Crippen LogP contribution < -0.4 is 5.43 Å². The molecule has 3 aromatic rings. The Bertz CT molecular complexity index is 990. The van der Waals surface area contributed by atoms with Gasteiger partial charge in [0.1, 0.15) is 5.39 Å². The Hall–Kier alpha value is -3.22. The average Bonchev–Trinajstić information content (AvgIpc) is 2.53. The van der Waals surface area contributed by atoms with Crippen LogP contribution in [0.4, 0.5) is 5.69 Å². The lowest BCUT2D eigenvalue weighted by atomic mass is 10.0. The number of carbonyl (C=O) groups is 1. The summed E-state index contributed by atoms with van der Waals surface area (Å²) in [5, 5.41) is 11.4. The number of esters is 1. The molecule has 0 saturated heterocycles. The van der Waals surface area contributed by atoms with E-state index in [9.17, 15) is 19.7 Å². The average molecular weight is 298 g/mol. The van der Waals surface area contributed by atoms with Gasteiger partial charge in [-0.25, -0.2) is 4.79 Å². The molecular formula is C15H10N2O5. The van der Waals surface area contributed by atoms with E-state index in [-0.39, 0.29) is 22.2 Å². The number of nitro groups is 1. The molecule has 0 aliphatic rings. The highest BCUT2D eigenvalue weighted by molar-refractivity contribution is 6.08. The van der Waals surface area contributed by atoms with Gasteiger partial charge in [0, 0.05) is 17.0 Å². The van der Waals surface area contributed by atoms with Crippen LogP contribution in [0.2, 0.25) is 0 Å². The van der Waals surface area contributed by atoms with Gasteiger partial charge in [0.15, 0.2) is 0 Å². The van der Waals surface area contributed by atoms with Gasteiger partial charge in [-0.2, -0.15) is 0 Å².